The summed E-state index contributed by atoms with van der Waals surface area (Å²) in [4.78, 5) is 4.10. The highest BCUT2D eigenvalue weighted by atomic mass is 79.9. The van der Waals surface area contributed by atoms with E-state index in [4.69, 9.17) is 9.47 Å². The molecule has 0 spiro atoms. The largest absolute Gasteiger partial charge is 0.437 e. The van der Waals surface area contributed by atoms with Crippen LogP contribution in [0.25, 0.3) is 0 Å². The first-order chi connectivity index (χ1) is 10.1. The van der Waals surface area contributed by atoms with E-state index in [1.807, 2.05) is 20.0 Å². The first kappa shape index (κ1) is 15.9. The normalized spacial score (nSPS) is 10.9. The molecular formula is C14H19BrN4O2. The third-order valence-corrected chi connectivity index (χ3v) is 3.40. The Morgan fingerprint density at radius 3 is 2.90 bits per heavy atom. The van der Waals surface area contributed by atoms with Crippen molar-refractivity contribution in [1.29, 1.82) is 0 Å². The van der Waals surface area contributed by atoms with E-state index in [9.17, 15) is 0 Å². The Bertz CT molecular complexity index is 601. The van der Waals surface area contributed by atoms with Crippen LogP contribution in [0.4, 0.5) is 0 Å². The van der Waals surface area contributed by atoms with Gasteiger partial charge in [-0.05, 0) is 28.9 Å². The van der Waals surface area contributed by atoms with E-state index in [-0.39, 0.29) is 0 Å². The van der Waals surface area contributed by atoms with Crippen LogP contribution in [-0.2, 0) is 18.3 Å². The Labute approximate surface area is 132 Å². The van der Waals surface area contributed by atoms with Crippen molar-refractivity contribution in [2.45, 2.75) is 13.5 Å². The second-order valence-electron chi connectivity index (χ2n) is 4.60. The number of ether oxygens (including phenoxy) is 2. The standard InChI is InChI=1S/C14H19BrN4O2/c1-10-13(9-16-4-5-20-3)14(19(2)18-10)21-12-6-11(15)7-17-8-12/h6-8,16H,4-5,9H2,1-3H3. The lowest BCUT2D eigenvalue weighted by Gasteiger charge is -2.09. The summed E-state index contributed by atoms with van der Waals surface area (Å²) in [6.07, 6.45) is 3.39. The van der Waals surface area contributed by atoms with Crippen molar-refractivity contribution in [2.75, 3.05) is 20.3 Å². The molecule has 0 amide bonds. The molecule has 2 aromatic rings. The monoisotopic (exact) mass is 354 g/mol. The molecule has 1 N–H and O–H groups in total. The number of aryl methyl sites for hydroxylation is 2. The van der Waals surface area contributed by atoms with E-state index in [0.717, 1.165) is 28.2 Å². The number of rotatable bonds is 7. The molecule has 0 atom stereocenters. The van der Waals surface area contributed by atoms with Crippen molar-refractivity contribution < 1.29 is 9.47 Å². The van der Waals surface area contributed by atoms with Gasteiger partial charge in [0.25, 0.3) is 0 Å². The second-order valence-corrected chi connectivity index (χ2v) is 5.52. The number of hydrogen-bond acceptors (Lipinski definition) is 5. The minimum atomic E-state index is 0.672. The second kappa shape index (κ2) is 7.53. The Hall–Kier alpha value is -1.44. The van der Waals surface area contributed by atoms with Gasteiger partial charge in [0.2, 0.25) is 5.88 Å². The van der Waals surface area contributed by atoms with Gasteiger partial charge in [0.05, 0.1) is 24.1 Å². The zero-order valence-corrected chi connectivity index (χ0v) is 14.0. The van der Waals surface area contributed by atoms with Crippen LogP contribution in [0.5, 0.6) is 11.6 Å². The van der Waals surface area contributed by atoms with Crippen molar-refractivity contribution in [3.8, 4) is 11.6 Å². The first-order valence-corrected chi connectivity index (χ1v) is 7.41. The lowest BCUT2D eigenvalue weighted by atomic mass is 10.2. The van der Waals surface area contributed by atoms with Gasteiger partial charge in [-0.25, -0.2) is 4.68 Å². The molecule has 114 valence electrons. The minimum Gasteiger partial charge on any atom is -0.437 e. The van der Waals surface area contributed by atoms with Crippen LogP contribution in [-0.4, -0.2) is 35.0 Å². The topological polar surface area (TPSA) is 61.2 Å². The van der Waals surface area contributed by atoms with E-state index in [0.29, 0.717) is 18.9 Å². The predicted molar refractivity (Wildman–Crippen MR) is 83.5 cm³/mol. The molecular weight excluding hydrogens is 336 g/mol. The maximum atomic E-state index is 5.94. The molecule has 2 rings (SSSR count). The summed E-state index contributed by atoms with van der Waals surface area (Å²) in [5.74, 6) is 1.39. The highest BCUT2D eigenvalue weighted by molar-refractivity contribution is 9.10. The average Bonchev–Trinajstić information content (AvgIpc) is 2.70. The fourth-order valence-electron chi connectivity index (χ4n) is 1.96. The fourth-order valence-corrected chi connectivity index (χ4v) is 2.30. The lowest BCUT2D eigenvalue weighted by Crippen LogP contribution is -2.19. The van der Waals surface area contributed by atoms with Crippen molar-refractivity contribution in [1.82, 2.24) is 20.1 Å². The number of pyridine rings is 1. The van der Waals surface area contributed by atoms with Crippen LogP contribution in [0.15, 0.2) is 22.9 Å². The molecule has 0 saturated carbocycles. The summed E-state index contributed by atoms with van der Waals surface area (Å²) in [6, 6.07) is 1.87. The molecule has 0 unspecified atom stereocenters. The summed E-state index contributed by atoms with van der Waals surface area (Å²) in [5, 5.41) is 7.73. The molecule has 0 radical (unpaired) electrons. The molecule has 0 fully saturated rings. The molecule has 2 heterocycles. The van der Waals surface area contributed by atoms with Crippen molar-refractivity contribution in [2.24, 2.45) is 7.05 Å². The molecule has 7 heteroatoms. The third-order valence-electron chi connectivity index (χ3n) is 2.97. The highest BCUT2D eigenvalue weighted by Gasteiger charge is 2.15. The van der Waals surface area contributed by atoms with Crippen LogP contribution in [0.1, 0.15) is 11.3 Å². The highest BCUT2D eigenvalue weighted by Crippen LogP contribution is 2.28. The summed E-state index contributed by atoms with van der Waals surface area (Å²) >= 11 is 3.39. The van der Waals surface area contributed by atoms with Crippen LogP contribution in [0, 0.1) is 6.92 Å². The Morgan fingerprint density at radius 2 is 2.19 bits per heavy atom. The predicted octanol–water partition coefficient (Wildman–Crippen LogP) is 2.41. The van der Waals surface area contributed by atoms with Gasteiger partial charge < -0.3 is 14.8 Å². The quantitative estimate of drug-likeness (QED) is 0.773. The van der Waals surface area contributed by atoms with E-state index in [2.05, 4.69) is 31.3 Å². The number of aromatic nitrogens is 3. The molecule has 2 aromatic heterocycles. The summed E-state index contributed by atoms with van der Waals surface area (Å²) in [6.45, 7) is 4.10. The third kappa shape index (κ3) is 4.26. The van der Waals surface area contributed by atoms with E-state index in [1.54, 1.807) is 24.2 Å². The van der Waals surface area contributed by atoms with Gasteiger partial charge >= 0.3 is 0 Å². The Morgan fingerprint density at radius 1 is 1.38 bits per heavy atom. The van der Waals surface area contributed by atoms with Crippen LogP contribution in [0.2, 0.25) is 0 Å². The van der Waals surface area contributed by atoms with Gasteiger partial charge in [0.1, 0.15) is 5.75 Å². The van der Waals surface area contributed by atoms with E-state index >= 15 is 0 Å². The van der Waals surface area contributed by atoms with Crippen LogP contribution >= 0.6 is 15.9 Å². The molecule has 0 saturated heterocycles. The van der Waals surface area contributed by atoms with Crippen molar-refractivity contribution in [3.05, 3.63) is 34.2 Å². The molecule has 0 aliphatic carbocycles. The molecule has 0 aromatic carbocycles. The van der Waals surface area contributed by atoms with Crippen LogP contribution < -0.4 is 10.1 Å². The number of nitrogens with one attached hydrogen (secondary N) is 1. The number of hydrogen-bond donors (Lipinski definition) is 1. The van der Waals surface area contributed by atoms with Gasteiger partial charge in [-0.3, -0.25) is 4.98 Å². The number of methoxy groups -OCH3 is 1. The molecule has 0 bridgehead atoms. The minimum absolute atomic E-state index is 0.672. The van der Waals surface area contributed by atoms with Gasteiger partial charge in [-0.15, -0.1) is 0 Å². The smallest absolute Gasteiger partial charge is 0.222 e. The molecule has 6 nitrogen and oxygen atoms in total. The van der Waals surface area contributed by atoms with Gasteiger partial charge in [-0.1, -0.05) is 0 Å². The van der Waals surface area contributed by atoms with Crippen molar-refractivity contribution in [3.63, 3.8) is 0 Å². The van der Waals surface area contributed by atoms with Crippen LogP contribution in [0.3, 0.4) is 0 Å². The Kier molecular flexibility index (Phi) is 5.72. The van der Waals surface area contributed by atoms with Gasteiger partial charge in [-0.2, -0.15) is 5.10 Å². The summed E-state index contributed by atoms with van der Waals surface area (Å²) in [5.41, 5.74) is 1.98. The summed E-state index contributed by atoms with van der Waals surface area (Å²) < 4.78 is 13.6. The van der Waals surface area contributed by atoms with Crippen molar-refractivity contribution >= 4 is 15.9 Å². The SMILES string of the molecule is COCCNCc1c(C)nn(C)c1Oc1cncc(Br)c1. The average molecular weight is 355 g/mol. The molecule has 21 heavy (non-hydrogen) atoms. The molecule has 0 aliphatic heterocycles. The number of halogens is 1. The maximum Gasteiger partial charge on any atom is 0.222 e. The number of nitrogens with zero attached hydrogens (tertiary/aromatic N) is 3. The van der Waals surface area contributed by atoms with Gasteiger partial charge in [0.15, 0.2) is 0 Å². The summed E-state index contributed by atoms with van der Waals surface area (Å²) in [7, 11) is 3.55. The lowest BCUT2D eigenvalue weighted by molar-refractivity contribution is 0.199. The van der Waals surface area contributed by atoms with E-state index in [1.165, 1.54) is 0 Å². The Balaban J connectivity index is 2.14. The first-order valence-electron chi connectivity index (χ1n) is 6.62. The molecule has 0 aliphatic rings. The van der Waals surface area contributed by atoms with Gasteiger partial charge in [0, 0.05) is 37.9 Å². The maximum absolute atomic E-state index is 5.94. The van der Waals surface area contributed by atoms with E-state index < -0.39 is 0 Å². The zero-order chi connectivity index (χ0) is 15.2. The fraction of sp³-hybridized carbons (Fsp3) is 0.429. The zero-order valence-electron chi connectivity index (χ0n) is 12.4.